The van der Waals surface area contributed by atoms with E-state index in [1.54, 1.807) is 0 Å². The molecule has 0 saturated carbocycles. The standard InChI is InChI=1S/C18H26N2O/c1-4-16-11-12-17(21-16)13-19-18-10-8-7-9-15(18)14-20(5-2)6-3/h7-12,19H,4-6,13-14H2,1-3H3. The van der Waals surface area contributed by atoms with Crippen molar-refractivity contribution in [2.75, 3.05) is 18.4 Å². The molecule has 1 aromatic heterocycles. The molecule has 0 amide bonds. The van der Waals surface area contributed by atoms with E-state index in [9.17, 15) is 0 Å². The van der Waals surface area contributed by atoms with Crippen LogP contribution in [-0.4, -0.2) is 18.0 Å². The minimum atomic E-state index is 0.731. The van der Waals surface area contributed by atoms with E-state index in [0.29, 0.717) is 0 Å². The maximum atomic E-state index is 5.74. The van der Waals surface area contributed by atoms with Gasteiger partial charge in [-0.25, -0.2) is 0 Å². The Hall–Kier alpha value is -1.74. The van der Waals surface area contributed by atoms with Gasteiger partial charge in [0.05, 0.1) is 6.54 Å². The van der Waals surface area contributed by atoms with Gasteiger partial charge in [-0.3, -0.25) is 4.90 Å². The lowest BCUT2D eigenvalue weighted by atomic mass is 10.1. The number of furan rings is 1. The van der Waals surface area contributed by atoms with Gasteiger partial charge in [0.1, 0.15) is 11.5 Å². The average molecular weight is 286 g/mol. The Morgan fingerprint density at radius 1 is 0.952 bits per heavy atom. The van der Waals surface area contributed by atoms with E-state index in [2.05, 4.69) is 67.4 Å². The molecule has 0 unspecified atom stereocenters. The minimum absolute atomic E-state index is 0.731. The maximum absolute atomic E-state index is 5.74. The first-order valence-corrected chi connectivity index (χ1v) is 7.88. The molecular weight excluding hydrogens is 260 g/mol. The number of rotatable bonds is 8. The second-order valence-corrected chi connectivity index (χ2v) is 5.19. The Bertz CT molecular complexity index is 544. The molecule has 0 radical (unpaired) electrons. The van der Waals surface area contributed by atoms with E-state index >= 15 is 0 Å². The van der Waals surface area contributed by atoms with Crippen molar-refractivity contribution in [1.82, 2.24) is 4.90 Å². The molecule has 0 aliphatic carbocycles. The number of nitrogens with one attached hydrogen (secondary N) is 1. The van der Waals surface area contributed by atoms with Crippen molar-refractivity contribution in [3.8, 4) is 0 Å². The smallest absolute Gasteiger partial charge is 0.123 e. The molecule has 0 bridgehead atoms. The van der Waals surface area contributed by atoms with E-state index in [-0.39, 0.29) is 0 Å². The first kappa shape index (κ1) is 15.6. The lowest BCUT2D eigenvalue weighted by molar-refractivity contribution is 0.296. The predicted octanol–water partition coefficient (Wildman–Crippen LogP) is 4.30. The summed E-state index contributed by atoms with van der Waals surface area (Å²) in [5, 5.41) is 3.50. The third-order valence-electron chi connectivity index (χ3n) is 3.82. The Balaban J connectivity index is 2.02. The fraction of sp³-hybridized carbons (Fsp3) is 0.444. The van der Waals surface area contributed by atoms with E-state index in [1.165, 1.54) is 11.3 Å². The van der Waals surface area contributed by atoms with Crippen molar-refractivity contribution < 1.29 is 4.42 Å². The molecule has 2 aromatic rings. The van der Waals surface area contributed by atoms with Crippen molar-refractivity contribution >= 4 is 5.69 Å². The Kier molecular flexibility index (Phi) is 5.88. The summed E-state index contributed by atoms with van der Waals surface area (Å²) < 4.78 is 5.74. The van der Waals surface area contributed by atoms with E-state index in [1.807, 2.05) is 0 Å². The second-order valence-electron chi connectivity index (χ2n) is 5.19. The molecule has 1 aromatic carbocycles. The predicted molar refractivity (Wildman–Crippen MR) is 88.5 cm³/mol. The summed E-state index contributed by atoms with van der Waals surface area (Å²) in [5.74, 6) is 2.03. The summed E-state index contributed by atoms with van der Waals surface area (Å²) >= 11 is 0. The van der Waals surface area contributed by atoms with Crippen LogP contribution >= 0.6 is 0 Å². The molecule has 0 spiro atoms. The SMILES string of the molecule is CCc1ccc(CNc2ccccc2CN(CC)CC)o1. The van der Waals surface area contributed by atoms with Crippen molar-refractivity contribution in [2.45, 2.75) is 40.3 Å². The van der Waals surface area contributed by atoms with E-state index in [0.717, 1.165) is 44.1 Å². The van der Waals surface area contributed by atoms with Gasteiger partial charge in [0, 0.05) is 18.7 Å². The summed E-state index contributed by atoms with van der Waals surface area (Å²) in [5.41, 5.74) is 2.53. The van der Waals surface area contributed by atoms with Crippen LogP contribution in [0.4, 0.5) is 5.69 Å². The second kappa shape index (κ2) is 7.89. The van der Waals surface area contributed by atoms with Crippen LogP contribution in [0.25, 0.3) is 0 Å². The molecule has 0 aliphatic rings. The number of benzene rings is 1. The zero-order chi connectivity index (χ0) is 15.1. The van der Waals surface area contributed by atoms with Gasteiger partial charge in [-0.05, 0) is 36.9 Å². The largest absolute Gasteiger partial charge is 0.464 e. The van der Waals surface area contributed by atoms with Crippen molar-refractivity contribution in [3.05, 3.63) is 53.5 Å². The van der Waals surface area contributed by atoms with Gasteiger partial charge in [0.15, 0.2) is 0 Å². The zero-order valence-corrected chi connectivity index (χ0v) is 13.4. The number of aryl methyl sites for hydroxylation is 1. The quantitative estimate of drug-likeness (QED) is 0.784. The van der Waals surface area contributed by atoms with Crippen molar-refractivity contribution in [1.29, 1.82) is 0 Å². The number of hydrogen-bond acceptors (Lipinski definition) is 3. The van der Waals surface area contributed by atoms with Crippen LogP contribution in [0.5, 0.6) is 0 Å². The number of hydrogen-bond donors (Lipinski definition) is 1. The highest BCUT2D eigenvalue weighted by atomic mass is 16.3. The molecular formula is C18H26N2O. The summed E-state index contributed by atoms with van der Waals surface area (Å²) in [6.45, 7) is 10.4. The Labute approximate surface area is 128 Å². The monoisotopic (exact) mass is 286 g/mol. The molecule has 1 heterocycles. The third kappa shape index (κ3) is 4.36. The molecule has 0 aliphatic heterocycles. The minimum Gasteiger partial charge on any atom is -0.464 e. The lowest BCUT2D eigenvalue weighted by Crippen LogP contribution is -2.22. The van der Waals surface area contributed by atoms with Gasteiger partial charge in [-0.2, -0.15) is 0 Å². The number of para-hydroxylation sites is 1. The molecule has 3 heteroatoms. The lowest BCUT2D eigenvalue weighted by Gasteiger charge is -2.20. The van der Waals surface area contributed by atoms with Gasteiger partial charge in [-0.15, -0.1) is 0 Å². The van der Waals surface area contributed by atoms with Crippen LogP contribution < -0.4 is 5.32 Å². The molecule has 0 saturated heterocycles. The fourth-order valence-electron chi connectivity index (χ4n) is 2.41. The normalized spacial score (nSPS) is 11.0. The van der Waals surface area contributed by atoms with Gasteiger partial charge < -0.3 is 9.73 Å². The number of nitrogens with zero attached hydrogens (tertiary/aromatic N) is 1. The summed E-state index contributed by atoms with van der Waals surface area (Å²) in [6.07, 6.45) is 0.943. The highest BCUT2D eigenvalue weighted by molar-refractivity contribution is 5.51. The van der Waals surface area contributed by atoms with Gasteiger partial charge >= 0.3 is 0 Å². The Morgan fingerprint density at radius 3 is 2.33 bits per heavy atom. The molecule has 0 fully saturated rings. The van der Waals surface area contributed by atoms with Gasteiger partial charge in [0.2, 0.25) is 0 Å². The zero-order valence-electron chi connectivity index (χ0n) is 13.4. The Morgan fingerprint density at radius 2 is 1.67 bits per heavy atom. The van der Waals surface area contributed by atoms with Crippen molar-refractivity contribution in [3.63, 3.8) is 0 Å². The highest BCUT2D eigenvalue weighted by Crippen LogP contribution is 2.19. The van der Waals surface area contributed by atoms with Crippen LogP contribution in [0.3, 0.4) is 0 Å². The van der Waals surface area contributed by atoms with Crippen LogP contribution in [-0.2, 0) is 19.5 Å². The fourth-order valence-corrected chi connectivity index (χ4v) is 2.41. The van der Waals surface area contributed by atoms with Crippen LogP contribution in [0.15, 0.2) is 40.8 Å². The summed E-state index contributed by atoms with van der Waals surface area (Å²) in [7, 11) is 0. The van der Waals surface area contributed by atoms with Crippen LogP contribution in [0.2, 0.25) is 0 Å². The first-order chi connectivity index (χ1) is 10.3. The molecule has 114 valence electrons. The molecule has 2 rings (SSSR count). The highest BCUT2D eigenvalue weighted by Gasteiger charge is 2.07. The third-order valence-corrected chi connectivity index (χ3v) is 3.82. The molecule has 3 nitrogen and oxygen atoms in total. The summed E-state index contributed by atoms with van der Waals surface area (Å²) in [4.78, 5) is 2.42. The van der Waals surface area contributed by atoms with Crippen molar-refractivity contribution in [2.24, 2.45) is 0 Å². The topological polar surface area (TPSA) is 28.4 Å². The molecule has 1 N–H and O–H groups in total. The first-order valence-electron chi connectivity index (χ1n) is 7.88. The van der Waals surface area contributed by atoms with Crippen LogP contribution in [0.1, 0.15) is 37.9 Å². The summed E-state index contributed by atoms with van der Waals surface area (Å²) in [6, 6.07) is 12.6. The van der Waals surface area contributed by atoms with Crippen LogP contribution in [0, 0.1) is 0 Å². The molecule has 21 heavy (non-hydrogen) atoms. The average Bonchev–Trinajstić information content (AvgIpc) is 2.99. The maximum Gasteiger partial charge on any atom is 0.123 e. The molecule has 0 atom stereocenters. The van der Waals surface area contributed by atoms with E-state index in [4.69, 9.17) is 4.42 Å². The van der Waals surface area contributed by atoms with Gasteiger partial charge in [-0.1, -0.05) is 39.0 Å². The number of anilines is 1. The van der Waals surface area contributed by atoms with E-state index < -0.39 is 0 Å². The van der Waals surface area contributed by atoms with Gasteiger partial charge in [0.25, 0.3) is 0 Å².